The van der Waals surface area contributed by atoms with E-state index in [1.807, 2.05) is 90.1 Å². The van der Waals surface area contributed by atoms with E-state index in [4.69, 9.17) is 9.47 Å². The summed E-state index contributed by atoms with van der Waals surface area (Å²) in [5.74, 6) is 0. The van der Waals surface area contributed by atoms with Gasteiger partial charge in [-0.2, -0.15) is 0 Å². The van der Waals surface area contributed by atoms with Crippen LogP contribution in [0.1, 0.15) is 63.8 Å². The van der Waals surface area contributed by atoms with Gasteiger partial charge in [0.25, 0.3) is 0 Å². The van der Waals surface area contributed by atoms with Crippen LogP contribution in [0, 0.1) is 0 Å². The third-order valence-corrected chi connectivity index (χ3v) is 6.60. The lowest BCUT2D eigenvalue weighted by Crippen LogP contribution is -2.44. The van der Waals surface area contributed by atoms with E-state index in [2.05, 4.69) is 39.7 Å². The molecule has 0 radical (unpaired) electrons. The average molecular weight is 558 g/mol. The molecule has 0 saturated heterocycles. The topological polar surface area (TPSA) is 76.7 Å². The number of carbonyl (C=O) groups excluding carboxylic acids is 2. The Labute approximate surface area is 223 Å². The number of allylic oxidation sites excluding steroid dienone is 2. The molecule has 2 aromatic rings. The largest absolute Gasteiger partial charge is 0.446 e. The minimum absolute atomic E-state index is 0.0943. The van der Waals surface area contributed by atoms with E-state index in [0.29, 0.717) is 5.33 Å². The molecule has 2 rings (SSSR count). The predicted molar refractivity (Wildman–Crippen MR) is 150 cm³/mol. The molecule has 2 N–H and O–H groups in total. The second-order valence-electron chi connectivity index (χ2n) is 10.00. The lowest BCUT2D eigenvalue weighted by Gasteiger charge is -2.28. The fourth-order valence-corrected chi connectivity index (χ4v) is 3.81. The molecule has 2 amide bonds. The second kappa shape index (κ2) is 12.3. The van der Waals surface area contributed by atoms with Crippen molar-refractivity contribution in [1.82, 2.24) is 10.6 Å². The molecule has 7 heteroatoms. The van der Waals surface area contributed by atoms with Gasteiger partial charge < -0.3 is 20.1 Å². The van der Waals surface area contributed by atoms with Crippen LogP contribution in [0.4, 0.5) is 9.59 Å². The number of alkyl carbamates (subject to hydrolysis) is 2. The van der Waals surface area contributed by atoms with E-state index in [1.165, 1.54) is 0 Å². The van der Waals surface area contributed by atoms with Crippen molar-refractivity contribution in [2.45, 2.75) is 58.7 Å². The molecule has 0 saturated carbocycles. The van der Waals surface area contributed by atoms with Gasteiger partial charge in [-0.25, -0.2) is 9.59 Å². The molecule has 0 heterocycles. The first-order valence-corrected chi connectivity index (χ1v) is 12.9. The van der Waals surface area contributed by atoms with Crippen LogP contribution in [0.2, 0.25) is 0 Å². The number of hydrogen-bond donors (Lipinski definition) is 2. The number of ether oxygens (including phenoxy) is 2. The molecule has 6 nitrogen and oxygen atoms in total. The zero-order chi connectivity index (χ0) is 27.1. The highest BCUT2D eigenvalue weighted by atomic mass is 79.9. The summed E-state index contributed by atoms with van der Waals surface area (Å²) >= 11 is 3.32. The number of halogens is 1. The summed E-state index contributed by atoms with van der Waals surface area (Å²) in [6.07, 6.45) is -1.86. The number of carbonyl (C=O) groups is 2. The summed E-state index contributed by atoms with van der Waals surface area (Å²) in [6.45, 7) is 19.2. The first-order valence-electron chi connectivity index (χ1n) is 11.8. The Morgan fingerprint density at radius 2 is 1.19 bits per heavy atom. The Hall–Kier alpha value is -3.06. The number of amides is 2. The van der Waals surface area contributed by atoms with Crippen molar-refractivity contribution in [3.63, 3.8) is 0 Å². The summed E-state index contributed by atoms with van der Waals surface area (Å²) in [6, 6.07) is 15.7. The number of alkyl halides is 1. The monoisotopic (exact) mass is 556 g/mol. The average Bonchev–Trinajstić information content (AvgIpc) is 2.81. The first-order chi connectivity index (χ1) is 16.7. The first kappa shape index (κ1) is 29.2. The third kappa shape index (κ3) is 8.26. The van der Waals surface area contributed by atoms with Crippen LogP contribution in [-0.4, -0.2) is 30.2 Å². The van der Waals surface area contributed by atoms with Gasteiger partial charge in [-0.1, -0.05) is 88.8 Å². The standard InChI is InChI=1S/C29H37BrN2O4/c1-19(2)21-9-13-23(14-10-21)28(5,6)31-26(33)35-18-25(17-30)36-27(34)32-29(7,8)24-15-11-22(12-16-24)20(3)4/h9-16,25H,1,3,17-18H2,2,4-8H3,(H,31,33)(H,32,34). The predicted octanol–water partition coefficient (Wildman–Crippen LogP) is 7.14. The highest BCUT2D eigenvalue weighted by Crippen LogP contribution is 2.24. The zero-order valence-corrected chi connectivity index (χ0v) is 23.6. The molecule has 0 aromatic heterocycles. The Morgan fingerprint density at radius 1 is 0.806 bits per heavy atom. The molecule has 2 aromatic carbocycles. The molecule has 1 atom stereocenters. The van der Waals surface area contributed by atoms with E-state index in [9.17, 15) is 9.59 Å². The molecular formula is C29H37BrN2O4. The van der Waals surface area contributed by atoms with E-state index in [1.54, 1.807) is 0 Å². The van der Waals surface area contributed by atoms with Gasteiger partial charge in [-0.05, 0) is 63.8 Å². The molecular weight excluding hydrogens is 520 g/mol. The van der Waals surface area contributed by atoms with Gasteiger partial charge >= 0.3 is 12.2 Å². The smallest absolute Gasteiger partial charge is 0.408 e. The van der Waals surface area contributed by atoms with Crippen molar-refractivity contribution in [3.8, 4) is 0 Å². The lowest BCUT2D eigenvalue weighted by molar-refractivity contribution is 0.0494. The second-order valence-corrected chi connectivity index (χ2v) is 10.6. The minimum Gasteiger partial charge on any atom is -0.446 e. The normalized spacial score (nSPS) is 12.3. The Bertz CT molecular complexity index is 1090. The van der Waals surface area contributed by atoms with Gasteiger partial charge in [0.15, 0.2) is 0 Å². The fourth-order valence-electron chi connectivity index (χ4n) is 3.49. The summed E-state index contributed by atoms with van der Waals surface area (Å²) in [4.78, 5) is 25.1. The molecule has 0 spiro atoms. The number of hydrogen-bond acceptors (Lipinski definition) is 4. The maximum atomic E-state index is 12.6. The van der Waals surface area contributed by atoms with Crippen LogP contribution in [0.5, 0.6) is 0 Å². The Morgan fingerprint density at radius 3 is 1.56 bits per heavy atom. The van der Waals surface area contributed by atoms with Gasteiger partial charge in [-0.3, -0.25) is 0 Å². The Balaban J connectivity index is 1.90. The van der Waals surface area contributed by atoms with Gasteiger partial charge in [0.1, 0.15) is 12.7 Å². The SMILES string of the molecule is C=C(C)c1ccc(C(C)(C)NC(=O)OCC(CBr)OC(=O)NC(C)(C)c2ccc(C(=C)C)cc2)cc1. The van der Waals surface area contributed by atoms with Gasteiger partial charge in [0.05, 0.1) is 11.1 Å². The van der Waals surface area contributed by atoms with Crippen molar-refractivity contribution < 1.29 is 19.1 Å². The van der Waals surface area contributed by atoms with E-state index >= 15 is 0 Å². The molecule has 194 valence electrons. The number of nitrogens with one attached hydrogen (secondary N) is 2. The summed E-state index contributed by atoms with van der Waals surface area (Å²) in [5, 5.41) is 6.06. The van der Waals surface area contributed by atoms with Crippen LogP contribution in [0.3, 0.4) is 0 Å². The van der Waals surface area contributed by atoms with Crippen molar-refractivity contribution in [1.29, 1.82) is 0 Å². The molecule has 0 fully saturated rings. The minimum atomic E-state index is -0.663. The lowest BCUT2D eigenvalue weighted by atomic mass is 9.93. The van der Waals surface area contributed by atoms with Crippen molar-refractivity contribution in [2.24, 2.45) is 0 Å². The number of rotatable bonds is 10. The molecule has 36 heavy (non-hydrogen) atoms. The van der Waals surface area contributed by atoms with E-state index in [0.717, 1.165) is 33.4 Å². The molecule has 0 aliphatic heterocycles. The van der Waals surface area contributed by atoms with Gasteiger partial charge in [0.2, 0.25) is 0 Å². The van der Waals surface area contributed by atoms with Crippen molar-refractivity contribution >= 4 is 39.3 Å². The van der Waals surface area contributed by atoms with E-state index < -0.39 is 29.4 Å². The Kier molecular flexibility index (Phi) is 9.93. The van der Waals surface area contributed by atoms with Crippen molar-refractivity contribution in [2.75, 3.05) is 11.9 Å². The van der Waals surface area contributed by atoms with Crippen LogP contribution in [0.25, 0.3) is 11.1 Å². The highest BCUT2D eigenvalue weighted by Gasteiger charge is 2.27. The van der Waals surface area contributed by atoms with Crippen LogP contribution >= 0.6 is 15.9 Å². The molecule has 0 aliphatic rings. The fraction of sp³-hybridized carbons (Fsp3) is 0.379. The third-order valence-electron chi connectivity index (χ3n) is 5.87. The van der Waals surface area contributed by atoms with Crippen LogP contribution < -0.4 is 10.6 Å². The van der Waals surface area contributed by atoms with E-state index in [-0.39, 0.29) is 6.61 Å². The number of benzene rings is 2. The summed E-state index contributed by atoms with van der Waals surface area (Å²) < 4.78 is 10.9. The molecule has 0 bridgehead atoms. The van der Waals surface area contributed by atoms with Gasteiger partial charge in [0, 0.05) is 5.33 Å². The van der Waals surface area contributed by atoms with Crippen LogP contribution in [-0.2, 0) is 20.6 Å². The zero-order valence-electron chi connectivity index (χ0n) is 22.0. The summed E-state index contributed by atoms with van der Waals surface area (Å²) in [7, 11) is 0. The maximum absolute atomic E-state index is 12.6. The van der Waals surface area contributed by atoms with Gasteiger partial charge in [-0.15, -0.1) is 0 Å². The molecule has 1 unspecified atom stereocenters. The quantitative estimate of drug-likeness (QED) is 0.305. The molecule has 0 aliphatic carbocycles. The van der Waals surface area contributed by atoms with Crippen LogP contribution in [0.15, 0.2) is 61.7 Å². The van der Waals surface area contributed by atoms with Crippen molar-refractivity contribution in [3.05, 3.63) is 83.9 Å². The maximum Gasteiger partial charge on any atom is 0.408 e. The highest BCUT2D eigenvalue weighted by molar-refractivity contribution is 9.09. The summed E-state index contributed by atoms with van der Waals surface area (Å²) in [5.41, 5.74) is 4.56.